The van der Waals surface area contributed by atoms with E-state index in [2.05, 4.69) is 44.1 Å². The summed E-state index contributed by atoms with van der Waals surface area (Å²) in [6, 6.07) is 4.09. The van der Waals surface area contributed by atoms with Gasteiger partial charge >= 0.3 is 0 Å². The van der Waals surface area contributed by atoms with Gasteiger partial charge in [0.25, 0.3) is 0 Å². The largest absolute Gasteiger partial charge is 0.365 e. The minimum atomic E-state index is 0.134. The van der Waals surface area contributed by atoms with Crippen molar-refractivity contribution in [3.8, 4) is 0 Å². The number of nitrogens with one attached hydrogen (secondary N) is 1. The van der Waals surface area contributed by atoms with Crippen molar-refractivity contribution in [3.63, 3.8) is 0 Å². The van der Waals surface area contributed by atoms with Gasteiger partial charge < -0.3 is 5.32 Å². The van der Waals surface area contributed by atoms with E-state index >= 15 is 0 Å². The van der Waals surface area contributed by atoms with Crippen LogP contribution in [0.4, 0.5) is 5.82 Å². The molecule has 0 aliphatic carbocycles. The molecule has 0 amide bonds. The van der Waals surface area contributed by atoms with E-state index in [1.807, 2.05) is 12.3 Å². The summed E-state index contributed by atoms with van der Waals surface area (Å²) in [5, 5.41) is 3.45. The number of hydrogen-bond donors (Lipinski definition) is 1. The van der Waals surface area contributed by atoms with Crippen molar-refractivity contribution in [2.24, 2.45) is 0 Å². The van der Waals surface area contributed by atoms with Gasteiger partial charge in [0.15, 0.2) is 0 Å². The molecule has 2 nitrogen and oxygen atoms in total. The normalized spacial score (nSPS) is 11.4. The number of nitrogens with zero attached hydrogens (tertiary/aromatic N) is 1. The van der Waals surface area contributed by atoms with E-state index in [0.29, 0.717) is 0 Å². The van der Waals surface area contributed by atoms with Crippen LogP contribution in [0.2, 0.25) is 0 Å². The third-order valence-electron chi connectivity index (χ3n) is 2.26. The van der Waals surface area contributed by atoms with Gasteiger partial charge in [0.2, 0.25) is 0 Å². The zero-order valence-electron chi connectivity index (χ0n) is 9.59. The Labute approximate surface area is 86.8 Å². The number of hydrogen-bond acceptors (Lipinski definition) is 2. The van der Waals surface area contributed by atoms with Gasteiger partial charge in [-0.15, -0.1) is 0 Å². The number of anilines is 1. The molecule has 1 heterocycles. The molecule has 0 saturated heterocycles. The Morgan fingerprint density at radius 3 is 2.71 bits per heavy atom. The van der Waals surface area contributed by atoms with Gasteiger partial charge in [0, 0.05) is 11.7 Å². The summed E-state index contributed by atoms with van der Waals surface area (Å²) in [6.45, 7) is 8.70. The Hall–Kier alpha value is -1.05. The molecule has 1 rings (SSSR count). The highest BCUT2D eigenvalue weighted by molar-refractivity contribution is 5.39. The highest BCUT2D eigenvalue weighted by atomic mass is 15.0. The first-order chi connectivity index (χ1) is 6.53. The molecule has 0 spiro atoms. The Bertz CT molecular complexity index is 292. The fourth-order valence-electron chi connectivity index (χ4n) is 1.64. The third kappa shape index (κ3) is 3.36. The highest BCUT2D eigenvalue weighted by Crippen LogP contribution is 2.18. The van der Waals surface area contributed by atoms with Crippen molar-refractivity contribution >= 4 is 5.82 Å². The molecule has 0 atom stereocenters. The number of pyridine rings is 1. The van der Waals surface area contributed by atoms with Crippen LogP contribution in [0.1, 0.15) is 39.2 Å². The van der Waals surface area contributed by atoms with Gasteiger partial charge in [-0.25, -0.2) is 4.98 Å². The summed E-state index contributed by atoms with van der Waals surface area (Å²) in [7, 11) is 0. The molecule has 1 aromatic heterocycles. The Kier molecular flexibility index (Phi) is 3.50. The van der Waals surface area contributed by atoms with Gasteiger partial charge in [-0.1, -0.05) is 13.3 Å². The van der Waals surface area contributed by atoms with Crippen LogP contribution in [0.3, 0.4) is 0 Å². The highest BCUT2D eigenvalue weighted by Gasteiger charge is 2.15. The van der Waals surface area contributed by atoms with E-state index in [1.54, 1.807) is 0 Å². The zero-order chi connectivity index (χ0) is 10.6. The van der Waals surface area contributed by atoms with Crippen molar-refractivity contribution in [1.82, 2.24) is 4.98 Å². The molecule has 1 aromatic rings. The summed E-state index contributed by atoms with van der Waals surface area (Å²) >= 11 is 0. The molecule has 0 bridgehead atoms. The maximum absolute atomic E-state index is 4.30. The quantitative estimate of drug-likeness (QED) is 0.791. The Balaban J connectivity index is 2.68. The predicted octanol–water partition coefficient (Wildman–Crippen LogP) is 3.38. The fraction of sp³-hybridized carbons (Fsp3) is 0.583. The number of rotatable bonds is 4. The van der Waals surface area contributed by atoms with E-state index in [-0.39, 0.29) is 5.54 Å². The average Bonchev–Trinajstić information content (AvgIpc) is 2.02. The van der Waals surface area contributed by atoms with Gasteiger partial charge in [-0.05, 0) is 44.9 Å². The average molecular weight is 192 g/mol. The van der Waals surface area contributed by atoms with Gasteiger partial charge in [0.1, 0.15) is 5.82 Å². The second-order valence-corrected chi connectivity index (χ2v) is 4.48. The van der Waals surface area contributed by atoms with E-state index < -0.39 is 0 Å². The number of aryl methyl sites for hydroxylation is 1. The SMILES string of the molecule is CCCC(C)(C)Nc1cc(C)ccn1. The minimum absolute atomic E-state index is 0.134. The summed E-state index contributed by atoms with van der Waals surface area (Å²) in [5.74, 6) is 0.975. The van der Waals surface area contributed by atoms with Crippen LogP contribution >= 0.6 is 0 Å². The molecule has 1 N–H and O–H groups in total. The van der Waals surface area contributed by atoms with Gasteiger partial charge in [0.05, 0.1) is 0 Å². The van der Waals surface area contributed by atoms with E-state index in [9.17, 15) is 0 Å². The summed E-state index contributed by atoms with van der Waals surface area (Å²) in [6.07, 6.45) is 4.19. The van der Waals surface area contributed by atoms with Crippen LogP contribution < -0.4 is 5.32 Å². The fourth-order valence-corrected chi connectivity index (χ4v) is 1.64. The minimum Gasteiger partial charge on any atom is -0.365 e. The first-order valence-corrected chi connectivity index (χ1v) is 5.24. The molecule has 0 radical (unpaired) electrons. The van der Waals surface area contributed by atoms with Crippen LogP contribution in [-0.2, 0) is 0 Å². The van der Waals surface area contributed by atoms with Crippen LogP contribution in [-0.4, -0.2) is 10.5 Å². The third-order valence-corrected chi connectivity index (χ3v) is 2.26. The lowest BCUT2D eigenvalue weighted by Crippen LogP contribution is -2.30. The molecule has 0 aliphatic rings. The predicted molar refractivity (Wildman–Crippen MR) is 61.6 cm³/mol. The first kappa shape index (κ1) is 11.0. The Morgan fingerprint density at radius 1 is 1.43 bits per heavy atom. The van der Waals surface area contributed by atoms with Crippen LogP contribution in [0.25, 0.3) is 0 Å². The second kappa shape index (κ2) is 4.45. The van der Waals surface area contributed by atoms with E-state index in [4.69, 9.17) is 0 Å². The van der Waals surface area contributed by atoms with Crippen LogP contribution in [0.15, 0.2) is 18.3 Å². The molecular weight excluding hydrogens is 172 g/mol. The van der Waals surface area contributed by atoms with Gasteiger partial charge in [-0.2, -0.15) is 0 Å². The smallest absolute Gasteiger partial charge is 0.126 e. The lowest BCUT2D eigenvalue weighted by molar-refractivity contribution is 0.509. The van der Waals surface area contributed by atoms with Crippen molar-refractivity contribution in [2.45, 2.75) is 46.1 Å². The maximum atomic E-state index is 4.30. The molecule has 0 saturated carbocycles. The van der Waals surface area contributed by atoms with Crippen molar-refractivity contribution in [2.75, 3.05) is 5.32 Å². The molecule has 78 valence electrons. The van der Waals surface area contributed by atoms with Crippen molar-refractivity contribution < 1.29 is 0 Å². The monoisotopic (exact) mass is 192 g/mol. The lowest BCUT2D eigenvalue weighted by atomic mass is 9.99. The van der Waals surface area contributed by atoms with Crippen LogP contribution in [0, 0.1) is 6.92 Å². The molecular formula is C12H20N2. The molecule has 0 fully saturated rings. The summed E-state index contributed by atoms with van der Waals surface area (Å²) in [4.78, 5) is 4.30. The first-order valence-electron chi connectivity index (χ1n) is 5.24. The zero-order valence-corrected chi connectivity index (χ0v) is 9.59. The Morgan fingerprint density at radius 2 is 2.14 bits per heavy atom. The lowest BCUT2D eigenvalue weighted by Gasteiger charge is -2.26. The number of aromatic nitrogens is 1. The van der Waals surface area contributed by atoms with E-state index in [1.165, 1.54) is 12.0 Å². The molecule has 0 aliphatic heterocycles. The van der Waals surface area contributed by atoms with Crippen molar-refractivity contribution in [1.29, 1.82) is 0 Å². The van der Waals surface area contributed by atoms with Crippen molar-refractivity contribution in [3.05, 3.63) is 23.9 Å². The molecule has 0 unspecified atom stereocenters. The molecule has 2 heteroatoms. The maximum Gasteiger partial charge on any atom is 0.126 e. The summed E-state index contributed by atoms with van der Waals surface area (Å²) in [5.41, 5.74) is 1.38. The molecule has 0 aromatic carbocycles. The topological polar surface area (TPSA) is 24.9 Å². The second-order valence-electron chi connectivity index (χ2n) is 4.48. The molecule has 14 heavy (non-hydrogen) atoms. The van der Waals surface area contributed by atoms with Gasteiger partial charge in [-0.3, -0.25) is 0 Å². The standard InChI is InChI=1S/C12H20N2/c1-5-7-12(3,4)14-11-9-10(2)6-8-13-11/h6,8-9H,5,7H2,1-4H3,(H,13,14). The van der Waals surface area contributed by atoms with Crippen LogP contribution in [0.5, 0.6) is 0 Å². The van der Waals surface area contributed by atoms with E-state index in [0.717, 1.165) is 12.2 Å². The summed E-state index contributed by atoms with van der Waals surface area (Å²) < 4.78 is 0.